The molecule has 4 heteroatoms. The van der Waals surface area contributed by atoms with Crippen molar-refractivity contribution in [3.63, 3.8) is 0 Å². The molecule has 0 aliphatic rings. The number of benzene rings is 2. The molecule has 0 fully saturated rings. The Kier molecular flexibility index (Phi) is 7.09. The van der Waals surface area contributed by atoms with Crippen molar-refractivity contribution in [2.45, 2.75) is 24.5 Å². The third-order valence-electron chi connectivity index (χ3n) is 3.84. The van der Waals surface area contributed by atoms with Gasteiger partial charge in [-0.1, -0.05) is 44.2 Å². The zero-order valence-corrected chi connectivity index (χ0v) is 16.4. The van der Waals surface area contributed by atoms with Crippen LogP contribution in [0.1, 0.15) is 29.8 Å². The van der Waals surface area contributed by atoms with E-state index >= 15 is 0 Å². The Bertz CT molecular complexity index is 666. The predicted molar refractivity (Wildman–Crippen MR) is 107 cm³/mol. The van der Waals surface area contributed by atoms with E-state index in [2.05, 4.69) is 50.3 Å². The average Bonchev–Trinajstić information content (AvgIpc) is 2.58. The SMILES string of the molecule is CN(C)CC(C)(C)CNC(=O)c1ccc(CSc2ccccc2)cc1. The van der Waals surface area contributed by atoms with E-state index in [1.54, 1.807) is 11.8 Å². The molecule has 0 aromatic heterocycles. The van der Waals surface area contributed by atoms with Crippen molar-refractivity contribution < 1.29 is 4.79 Å². The summed E-state index contributed by atoms with van der Waals surface area (Å²) in [6.45, 7) is 5.92. The van der Waals surface area contributed by atoms with Crippen LogP contribution >= 0.6 is 11.8 Å². The fraction of sp³-hybridized carbons (Fsp3) is 0.381. The van der Waals surface area contributed by atoms with Gasteiger partial charge in [0.05, 0.1) is 0 Å². The van der Waals surface area contributed by atoms with Gasteiger partial charge < -0.3 is 10.2 Å². The lowest BCUT2D eigenvalue weighted by molar-refractivity contribution is 0.0929. The lowest BCUT2D eigenvalue weighted by Crippen LogP contribution is -2.39. The van der Waals surface area contributed by atoms with Crippen molar-refractivity contribution in [2.75, 3.05) is 27.2 Å². The smallest absolute Gasteiger partial charge is 0.251 e. The molecule has 3 nitrogen and oxygen atoms in total. The van der Waals surface area contributed by atoms with E-state index in [9.17, 15) is 4.79 Å². The third-order valence-corrected chi connectivity index (χ3v) is 4.92. The van der Waals surface area contributed by atoms with Gasteiger partial charge in [-0.25, -0.2) is 0 Å². The zero-order chi connectivity index (χ0) is 18.3. The summed E-state index contributed by atoms with van der Waals surface area (Å²) in [4.78, 5) is 15.7. The van der Waals surface area contributed by atoms with E-state index in [4.69, 9.17) is 0 Å². The van der Waals surface area contributed by atoms with Crippen molar-refractivity contribution in [3.8, 4) is 0 Å². The van der Waals surface area contributed by atoms with Gasteiger partial charge in [-0.2, -0.15) is 0 Å². The second-order valence-electron chi connectivity index (χ2n) is 7.38. The van der Waals surface area contributed by atoms with Crippen molar-refractivity contribution in [1.82, 2.24) is 10.2 Å². The number of hydrogen-bond acceptors (Lipinski definition) is 3. The summed E-state index contributed by atoms with van der Waals surface area (Å²) >= 11 is 1.80. The molecule has 2 aromatic rings. The van der Waals surface area contributed by atoms with E-state index in [1.807, 2.05) is 42.5 Å². The van der Waals surface area contributed by atoms with E-state index in [1.165, 1.54) is 10.5 Å². The summed E-state index contributed by atoms with van der Waals surface area (Å²) in [5.41, 5.74) is 1.98. The summed E-state index contributed by atoms with van der Waals surface area (Å²) in [6.07, 6.45) is 0. The van der Waals surface area contributed by atoms with E-state index < -0.39 is 0 Å². The Balaban J connectivity index is 1.85. The van der Waals surface area contributed by atoms with Gasteiger partial charge in [-0.05, 0) is 49.3 Å². The molecule has 2 rings (SSSR count). The van der Waals surface area contributed by atoms with Crippen LogP contribution in [0, 0.1) is 5.41 Å². The maximum Gasteiger partial charge on any atom is 0.251 e. The number of nitrogens with zero attached hydrogens (tertiary/aromatic N) is 1. The van der Waals surface area contributed by atoms with Gasteiger partial charge in [0.1, 0.15) is 0 Å². The van der Waals surface area contributed by atoms with Crippen molar-refractivity contribution in [3.05, 3.63) is 65.7 Å². The van der Waals surface area contributed by atoms with Gasteiger partial charge in [-0.3, -0.25) is 4.79 Å². The zero-order valence-electron chi connectivity index (χ0n) is 15.6. The molecule has 0 bridgehead atoms. The highest BCUT2D eigenvalue weighted by Gasteiger charge is 2.20. The molecule has 25 heavy (non-hydrogen) atoms. The molecule has 1 N–H and O–H groups in total. The monoisotopic (exact) mass is 356 g/mol. The molecule has 0 heterocycles. The van der Waals surface area contributed by atoms with Crippen LogP contribution in [0.15, 0.2) is 59.5 Å². The molecule has 0 aliphatic carbocycles. The first-order valence-electron chi connectivity index (χ1n) is 8.55. The van der Waals surface area contributed by atoms with Gasteiger partial charge in [0, 0.05) is 29.3 Å². The van der Waals surface area contributed by atoms with Gasteiger partial charge in [-0.15, -0.1) is 11.8 Å². The fourth-order valence-corrected chi connectivity index (χ4v) is 3.64. The second-order valence-corrected chi connectivity index (χ2v) is 8.43. The molecule has 0 atom stereocenters. The summed E-state index contributed by atoms with van der Waals surface area (Å²) in [5.74, 6) is 0.899. The highest BCUT2D eigenvalue weighted by molar-refractivity contribution is 7.98. The largest absolute Gasteiger partial charge is 0.351 e. The Morgan fingerprint density at radius 3 is 2.28 bits per heavy atom. The molecular formula is C21H28N2OS. The minimum atomic E-state index is -0.00547. The molecule has 1 amide bonds. The number of hydrogen-bond donors (Lipinski definition) is 1. The standard InChI is InChI=1S/C21H28N2OS/c1-21(2,16-23(3)4)15-22-20(24)18-12-10-17(11-13-18)14-25-19-8-6-5-7-9-19/h5-13H,14-16H2,1-4H3,(H,22,24). The number of carbonyl (C=O) groups is 1. The van der Waals surface area contributed by atoms with Crippen molar-refractivity contribution >= 4 is 17.7 Å². The lowest BCUT2D eigenvalue weighted by atomic mass is 9.93. The highest BCUT2D eigenvalue weighted by atomic mass is 32.2. The van der Waals surface area contributed by atoms with Crippen molar-refractivity contribution in [2.24, 2.45) is 5.41 Å². The van der Waals surface area contributed by atoms with Crippen LogP contribution in [0.5, 0.6) is 0 Å². The number of thioether (sulfide) groups is 1. The minimum Gasteiger partial charge on any atom is -0.351 e. The quantitative estimate of drug-likeness (QED) is 0.716. The minimum absolute atomic E-state index is 0.00547. The second kappa shape index (κ2) is 9.07. The topological polar surface area (TPSA) is 32.3 Å². The van der Waals surface area contributed by atoms with Crippen LogP contribution < -0.4 is 5.32 Å². The van der Waals surface area contributed by atoms with E-state index in [0.717, 1.165) is 12.3 Å². The van der Waals surface area contributed by atoms with Gasteiger partial charge in [0.15, 0.2) is 0 Å². The first-order chi connectivity index (χ1) is 11.9. The number of rotatable bonds is 8. The molecule has 0 saturated carbocycles. The lowest BCUT2D eigenvalue weighted by Gasteiger charge is -2.28. The third kappa shape index (κ3) is 6.92. The molecule has 2 aromatic carbocycles. The molecule has 134 valence electrons. The Labute approximate surface area is 155 Å². The summed E-state index contributed by atoms with van der Waals surface area (Å²) in [5, 5.41) is 3.05. The van der Waals surface area contributed by atoms with Crippen LogP contribution in [0.2, 0.25) is 0 Å². The highest BCUT2D eigenvalue weighted by Crippen LogP contribution is 2.22. The maximum atomic E-state index is 12.3. The average molecular weight is 357 g/mol. The predicted octanol–water partition coefficient (Wildman–Crippen LogP) is 4.30. The van der Waals surface area contributed by atoms with Crippen LogP contribution in [0.25, 0.3) is 0 Å². The normalized spacial score (nSPS) is 11.6. The van der Waals surface area contributed by atoms with Crippen molar-refractivity contribution in [1.29, 1.82) is 0 Å². The van der Waals surface area contributed by atoms with Gasteiger partial charge in [0.2, 0.25) is 0 Å². The Morgan fingerprint density at radius 2 is 1.68 bits per heavy atom. The maximum absolute atomic E-state index is 12.3. The Morgan fingerprint density at radius 1 is 1.04 bits per heavy atom. The van der Waals surface area contributed by atoms with Gasteiger partial charge in [0.25, 0.3) is 5.91 Å². The number of nitrogens with one attached hydrogen (secondary N) is 1. The van der Waals surface area contributed by atoms with Crippen LogP contribution in [-0.2, 0) is 5.75 Å². The van der Waals surface area contributed by atoms with Crippen LogP contribution in [0.4, 0.5) is 0 Å². The van der Waals surface area contributed by atoms with Gasteiger partial charge >= 0.3 is 0 Å². The molecular weight excluding hydrogens is 328 g/mol. The van der Waals surface area contributed by atoms with Crippen LogP contribution in [0.3, 0.4) is 0 Å². The number of amides is 1. The molecule has 0 unspecified atom stereocenters. The molecule has 0 radical (unpaired) electrons. The summed E-state index contributed by atoms with van der Waals surface area (Å²) in [6, 6.07) is 18.2. The first-order valence-corrected chi connectivity index (χ1v) is 9.54. The Hall–Kier alpha value is -1.78. The van der Waals surface area contributed by atoms with E-state index in [-0.39, 0.29) is 11.3 Å². The number of carbonyl (C=O) groups excluding carboxylic acids is 1. The molecule has 0 spiro atoms. The molecule has 0 aliphatic heterocycles. The molecule has 0 saturated heterocycles. The first kappa shape index (κ1) is 19.5. The summed E-state index contributed by atoms with van der Waals surface area (Å²) < 4.78 is 0. The van der Waals surface area contributed by atoms with E-state index in [0.29, 0.717) is 12.1 Å². The fourth-order valence-electron chi connectivity index (χ4n) is 2.77. The van der Waals surface area contributed by atoms with Crippen LogP contribution in [-0.4, -0.2) is 38.0 Å². The summed E-state index contributed by atoms with van der Waals surface area (Å²) in [7, 11) is 4.10.